The summed E-state index contributed by atoms with van der Waals surface area (Å²) < 4.78 is 11.3. The zero-order chi connectivity index (χ0) is 13.1. The number of nitrogens with one attached hydrogen (secondary N) is 1. The third-order valence-electron chi connectivity index (χ3n) is 2.40. The van der Waals surface area contributed by atoms with Crippen molar-refractivity contribution in [2.24, 2.45) is 5.92 Å². The van der Waals surface area contributed by atoms with Crippen molar-refractivity contribution in [3.8, 4) is 0 Å². The third kappa shape index (κ3) is 12.1. The Labute approximate surface area is 107 Å². The summed E-state index contributed by atoms with van der Waals surface area (Å²) in [7, 11) is 0. The first kappa shape index (κ1) is 16.9. The molecule has 3 heteroatoms. The summed E-state index contributed by atoms with van der Waals surface area (Å²) in [5.41, 5.74) is 0. The Bertz CT molecular complexity index is 160. The van der Waals surface area contributed by atoms with Crippen molar-refractivity contribution in [3.63, 3.8) is 0 Å². The summed E-state index contributed by atoms with van der Waals surface area (Å²) in [5, 5.41) is 3.42. The topological polar surface area (TPSA) is 30.5 Å². The average Bonchev–Trinajstić information content (AvgIpc) is 2.24. The van der Waals surface area contributed by atoms with Crippen LogP contribution >= 0.6 is 0 Å². The lowest BCUT2D eigenvalue weighted by atomic mass is 10.2. The van der Waals surface area contributed by atoms with Gasteiger partial charge in [-0.3, -0.25) is 0 Å². The summed E-state index contributed by atoms with van der Waals surface area (Å²) >= 11 is 0. The molecule has 0 bridgehead atoms. The van der Waals surface area contributed by atoms with Crippen molar-refractivity contribution in [1.82, 2.24) is 5.32 Å². The van der Waals surface area contributed by atoms with Crippen molar-refractivity contribution >= 4 is 0 Å². The summed E-state index contributed by atoms with van der Waals surface area (Å²) in [6.07, 6.45) is 2.60. The molecule has 0 aromatic rings. The van der Waals surface area contributed by atoms with Gasteiger partial charge in [0.15, 0.2) is 0 Å². The molecule has 1 atom stereocenters. The molecule has 104 valence electrons. The Morgan fingerprint density at radius 2 is 1.76 bits per heavy atom. The fourth-order valence-corrected chi connectivity index (χ4v) is 1.53. The largest absolute Gasteiger partial charge is 0.379 e. The van der Waals surface area contributed by atoms with Gasteiger partial charge in [-0.15, -0.1) is 0 Å². The predicted molar refractivity (Wildman–Crippen MR) is 73.4 cm³/mol. The van der Waals surface area contributed by atoms with Crippen molar-refractivity contribution in [2.45, 2.75) is 59.6 Å². The quantitative estimate of drug-likeness (QED) is 0.568. The van der Waals surface area contributed by atoms with E-state index in [-0.39, 0.29) is 0 Å². The average molecular weight is 245 g/mol. The lowest BCUT2D eigenvalue weighted by Gasteiger charge is -2.19. The summed E-state index contributed by atoms with van der Waals surface area (Å²) in [6, 6.07) is 0.523. The third-order valence-corrected chi connectivity index (χ3v) is 2.40. The van der Waals surface area contributed by atoms with Gasteiger partial charge in [-0.2, -0.15) is 0 Å². The standard InChI is InChI=1S/C14H31NO2/c1-6-7-14(10-15-13(4)5)17-9-8-16-11-12(2)3/h12-15H,6-11H2,1-5H3. The molecule has 0 saturated heterocycles. The van der Waals surface area contributed by atoms with Crippen LogP contribution in [0.4, 0.5) is 0 Å². The molecule has 3 nitrogen and oxygen atoms in total. The molecule has 0 aliphatic carbocycles. The van der Waals surface area contributed by atoms with Crippen molar-refractivity contribution in [2.75, 3.05) is 26.4 Å². The second kappa shape index (κ2) is 11.0. The zero-order valence-electron chi connectivity index (χ0n) is 12.3. The Morgan fingerprint density at radius 1 is 1.06 bits per heavy atom. The van der Waals surface area contributed by atoms with E-state index in [9.17, 15) is 0 Å². The van der Waals surface area contributed by atoms with E-state index in [0.29, 0.717) is 31.3 Å². The Balaban J connectivity index is 3.55. The highest BCUT2D eigenvalue weighted by atomic mass is 16.5. The first-order chi connectivity index (χ1) is 8.06. The van der Waals surface area contributed by atoms with Crippen LogP contribution in [0.25, 0.3) is 0 Å². The summed E-state index contributed by atoms with van der Waals surface area (Å²) in [4.78, 5) is 0. The van der Waals surface area contributed by atoms with Gasteiger partial charge < -0.3 is 14.8 Å². The minimum absolute atomic E-state index is 0.324. The summed E-state index contributed by atoms with van der Waals surface area (Å²) in [6.45, 7) is 14.0. The van der Waals surface area contributed by atoms with Crippen LogP contribution in [0.15, 0.2) is 0 Å². The van der Waals surface area contributed by atoms with Gasteiger partial charge in [0, 0.05) is 19.2 Å². The normalized spacial score (nSPS) is 13.6. The van der Waals surface area contributed by atoms with E-state index in [2.05, 4.69) is 39.9 Å². The lowest BCUT2D eigenvalue weighted by molar-refractivity contribution is -0.00408. The molecular formula is C14H31NO2. The zero-order valence-corrected chi connectivity index (χ0v) is 12.3. The number of rotatable bonds is 11. The minimum atomic E-state index is 0.324. The molecule has 0 radical (unpaired) electrons. The molecule has 0 aliphatic rings. The fraction of sp³-hybridized carbons (Fsp3) is 1.00. The van der Waals surface area contributed by atoms with Gasteiger partial charge in [0.2, 0.25) is 0 Å². The van der Waals surface area contributed by atoms with E-state index in [4.69, 9.17) is 9.47 Å². The van der Waals surface area contributed by atoms with Crippen molar-refractivity contribution < 1.29 is 9.47 Å². The molecule has 0 amide bonds. The van der Waals surface area contributed by atoms with Gasteiger partial charge in [-0.05, 0) is 12.3 Å². The highest BCUT2D eigenvalue weighted by molar-refractivity contribution is 4.63. The second-order valence-corrected chi connectivity index (χ2v) is 5.31. The molecule has 0 fully saturated rings. The maximum absolute atomic E-state index is 5.83. The van der Waals surface area contributed by atoms with Gasteiger partial charge in [0.25, 0.3) is 0 Å². The highest BCUT2D eigenvalue weighted by Crippen LogP contribution is 2.02. The number of ether oxygens (including phenoxy) is 2. The van der Waals surface area contributed by atoms with E-state index in [1.165, 1.54) is 0 Å². The first-order valence-corrected chi connectivity index (χ1v) is 6.99. The monoisotopic (exact) mass is 245 g/mol. The van der Waals surface area contributed by atoms with E-state index in [0.717, 1.165) is 26.0 Å². The first-order valence-electron chi connectivity index (χ1n) is 6.99. The van der Waals surface area contributed by atoms with Gasteiger partial charge in [0.05, 0.1) is 19.3 Å². The van der Waals surface area contributed by atoms with Gasteiger partial charge >= 0.3 is 0 Å². The van der Waals surface area contributed by atoms with Crippen LogP contribution in [0.3, 0.4) is 0 Å². The Kier molecular flexibility index (Phi) is 10.9. The van der Waals surface area contributed by atoms with E-state index in [1.807, 2.05) is 0 Å². The van der Waals surface area contributed by atoms with Gasteiger partial charge in [-0.25, -0.2) is 0 Å². The maximum atomic E-state index is 5.83. The Hall–Kier alpha value is -0.120. The van der Waals surface area contributed by atoms with Crippen LogP contribution in [0, 0.1) is 5.92 Å². The molecule has 0 rings (SSSR count). The highest BCUT2D eigenvalue weighted by Gasteiger charge is 2.08. The maximum Gasteiger partial charge on any atom is 0.0704 e. The Morgan fingerprint density at radius 3 is 2.29 bits per heavy atom. The van der Waals surface area contributed by atoms with Gasteiger partial charge in [-0.1, -0.05) is 41.0 Å². The van der Waals surface area contributed by atoms with E-state index >= 15 is 0 Å². The van der Waals surface area contributed by atoms with Crippen LogP contribution in [0.2, 0.25) is 0 Å². The number of hydrogen-bond acceptors (Lipinski definition) is 3. The number of hydrogen-bond donors (Lipinski definition) is 1. The molecule has 0 heterocycles. The van der Waals surface area contributed by atoms with Crippen LogP contribution in [0.1, 0.15) is 47.5 Å². The molecule has 0 aliphatic heterocycles. The molecule has 0 aromatic carbocycles. The van der Waals surface area contributed by atoms with E-state index < -0.39 is 0 Å². The minimum Gasteiger partial charge on any atom is -0.379 e. The molecule has 17 heavy (non-hydrogen) atoms. The van der Waals surface area contributed by atoms with Crippen molar-refractivity contribution in [3.05, 3.63) is 0 Å². The van der Waals surface area contributed by atoms with Crippen LogP contribution in [-0.4, -0.2) is 38.5 Å². The SMILES string of the molecule is CCCC(CNC(C)C)OCCOCC(C)C. The van der Waals surface area contributed by atoms with Crippen LogP contribution in [0.5, 0.6) is 0 Å². The van der Waals surface area contributed by atoms with Crippen LogP contribution < -0.4 is 5.32 Å². The predicted octanol–water partition coefficient (Wildman–Crippen LogP) is 2.84. The lowest BCUT2D eigenvalue weighted by Crippen LogP contribution is -2.34. The molecule has 1 unspecified atom stereocenters. The summed E-state index contributed by atoms with van der Waals surface area (Å²) in [5.74, 6) is 0.601. The van der Waals surface area contributed by atoms with Crippen LogP contribution in [-0.2, 0) is 9.47 Å². The van der Waals surface area contributed by atoms with Gasteiger partial charge in [0.1, 0.15) is 0 Å². The molecule has 0 spiro atoms. The van der Waals surface area contributed by atoms with Crippen molar-refractivity contribution in [1.29, 1.82) is 0 Å². The molecule has 0 saturated carbocycles. The molecular weight excluding hydrogens is 214 g/mol. The van der Waals surface area contributed by atoms with E-state index in [1.54, 1.807) is 0 Å². The smallest absolute Gasteiger partial charge is 0.0704 e. The molecule has 0 aromatic heterocycles. The second-order valence-electron chi connectivity index (χ2n) is 5.31. The fourth-order valence-electron chi connectivity index (χ4n) is 1.53. The molecule has 1 N–H and O–H groups in total.